The van der Waals surface area contributed by atoms with Gasteiger partial charge in [0.2, 0.25) is 5.91 Å². The van der Waals surface area contributed by atoms with Crippen LogP contribution < -0.4 is 20.9 Å². The Morgan fingerprint density at radius 3 is 2.55 bits per heavy atom. The lowest BCUT2D eigenvalue weighted by Crippen LogP contribution is -2.56. The second-order valence-electron chi connectivity index (χ2n) is 11.6. The third kappa shape index (κ3) is 4.98. The first-order valence-corrected chi connectivity index (χ1v) is 14.8. The molecule has 10 nitrogen and oxygen atoms in total. The number of carbonyl (C=O) groups excluding carboxylic acids is 2. The van der Waals surface area contributed by atoms with E-state index in [1.165, 1.54) is 0 Å². The maximum atomic E-state index is 14.3. The zero-order chi connectivity index (χ0) is 30.3. The molecular weight excluding hydrogens is 552 g/mol. The number of nitrogens with two attached hydrogens (primary N) is 1. The van der Waals surface area contributed by atoms with Crippen LogP contribution >= 0.6 is 0 Å². The second-order valence-corrected chi connectivity index (χ2v) is 11.6. The third-order valence-corrected chi connectivity index (χ3v) is 8.74. The normalized spacial score (nSPS) is 16.2. The summed E-state index contributed by atoms with van der Waals surface area (Å²) in [7, 11) is 0. The van der Waals surface area contributed by atoms with Crippen molar-refractivity contribution in [2.45, 2.75) is 31.8 Å². The Morgan fingerprint density at radius 2 is 1.80 bits per heavy atom. The van der Waals surface area contributed by atoms with Gasteiger partial charge in [-0.15, -0.1) is 0 Å². The summed E-state index contributed by atoms with van der Waals surface area (Å²) in [5.41, 5.74) is 10.9. The van der Waals surface area contributed by atoms with Crippen LogP contribution in [0.25, 0.3) is 11.0 Å². The molecule has 7 rings (SSSR count). The summed E-state index contributed by atoms with van der Waals surface area (Å²) in [5.74, 6) is 1.41. The van der Waals surface area contributed by atoms with Gasteiger partial charge in [-0.3, -0.25) is 9.59 Å². The fourth-order valence-corrected chi connectivity index (χ4v) is 6.39. The van der Waals surface area contributed by atoms with E-state index in [2.05, 4.69) is 50.2 Å². The summed E-state index contributed by atoms with van der Waals surface area (Å²) in [5, 5.41) is 2.84. The van der Waals surface area contributed by atoms with Crippen LogP contribution in [0.1, 0.15) is 34.6 Å². The Morgan fingerprint density at radius 1 is 1.00 bits per heavy atom. The number of carbonyl (C=O) groups is 2. The molecule has 2 aliphatic heterocycles. The minimum atomic E-state index is -0.661. The molecular formula is C34H34N8O2. The van der Waals surface area contributed by atoms with Crippen LogP contribution in [-0.2, 0) is 11.3 Å². The molecule has 4 heterocycles. The Balaban J connectivity index is 1.09. The SMILES string of the molecule is Cc1cccc(N2CN(Cc3nc4ccccc4[nH]3)C(=O)C23CCN(c2ccc(C(=O)Nc4ccccc4N)cn2)CC3)c1. The third-order valence-electron chi connectivity index (χ3n) is 8.74. The number of fused-ring (bicyclic) bond motifs is 1. The van der Waals surface area contributed by atoms with Crippen molar-refractivity contribution in [1.29, 1.82) is 0 Å². The number of piperidine rings is 1. The van der Waals surface area contributed by atoms with Crippen molar-refractivity contribution in [1.82, 2.24) is 19.9 Å². The van der Waals surface area contributed by atoms with E-state index in [-0.39, 0.29) is 11.8 Å². The molecule has 1 spiro atoms. The van der Waals surface area contributed by atoms with Gasteiger partial charge in [-0.05, 0) is 73.9 Å². The van der Waals surface area contributed by atoms with Crippen LogP contribution in [-0.4, -0.2) is 57.0 Å². The Hall–Kier alpha value is -5.38. The van der Waals surface area contributed by atoms with Gasteiger partial charge in [-0.1, -0.05) is 36.4 Å². The summed E-state index contributed by atoms with van der Waals surface area (Å²) < 4.78 is 0. The number of anilines is 4. The lowest BCUT2D eigenvalue weighted by Gasteiger charge is -2.43. The van der Waals surface area contributed by atoms with Gasteiger partial charge in [0.1, 0.15) is 17.2 Å². The molecule has 10 heteroatoms. The summed E-state index contributed by atoms with van der Waals surface area (Å²) in [4.78, 5) is 46.2. The van der Waals surface area contributed by atoms with Gasteiger partial charge in [-0.2, -0.15) is 0 Å². The predicted molar refractivity (Wildman–Crippen MR) is 172 cm³/mol. The molecule has 0 saturated carbocycles. The minimum Gasteiger partial charge on any atom is -0.397 e. The highest BCUT2D eigenvalue weighted by molar-refractivity contribution is 6.05. The molecule has 0 radical (unpaired) electrons. The van der Waals surface area contributed by atoms with E-state index < -0.39 is 5.54 Å². The van der Waals surface area contributed by atoms with Crippen molar-refractivity contribution in [3.63, 3.8) is 0 Å². The highest BCUT2D eigenvalue weighted by atomic mass is 16.2. The van der Waals surface area contributed by atoms with Crippen molar-refractivity contribution in [3.8, 4) is 0 Å². The molecule has 222 valence electrons. The van der Waals surface area contributed by atoms with Crippen LogP contribution in [0.15, 0.2) is 91.1 Å². The second kappa shape index (κ2) is 11.0. The molecule has 44 heavy (non-hydrogen) atoms. The number of pyridine rings is 1. The Labute approximate surface area is 255 Å². The number of nitrogens with zero attached hydrogens (tertiary/aromatic N) is 5. The number of aryl methyl sites for hydroxylation is 1. The number of nitrogens with one attached hydrogen (secondary N) is 2. The molecule has 2 amide bonds. The molecule has 4 N–H and O–H groups in total. The van der Waals surface area contributed by atoms with Gasteiger partial charge in [0.25, 0.3) is 5.91 Å². The summed E-state index contributed by atoms with van der Waals surface area (Å²) in [6.07, 6.45) is 2.88. The van der Waals surface area contributed by atoms with Gasteiger partial charge >= 0.3 is 0 Å². The lowest BCUT2D eigenvalue weighted by molar-refractivity contribution is -0.133. The number of aromatic nitrogens is 3. The van der Waals surface area contributed by atoms with E-state index in [1.807, 2.05) is 53.4 Å². The average molecular weight is 587 g/mol. The zero-order valence-corrected chi connectivity index (χ0v) is 24.5. The fraction of sp³-hybridized carbons (Fsp3) is 0.235. The predicted octanol–water partition coefficient (Wildman–Crippen LogP) is 4.95. The molecule has 2 aliphatic rings. The number of aromatic amines is 1. The van der Waals surface area contributed by atoms with E-state index in [0.717, 1.165) is 33.9 Å². The molecule has 2 fully saturated rings. The molecule has 0 unspecified atom stereocenters. The fourth-order valence-electron chi connectivity index (χ4n) is 6.39. The minimum absolute atomic E-state index is 0.124. The Bertz CT molecular complexity index is 1810. The van der Waals surface area contributed by atoms with Crippen molar-refractivity contribution >= 4 is 45.7 Å². The van der Waals surface area contributed by atoms with Crippen LogP contribution in [0.4, 0.5) is 22.9 Å². The van der Waals surface area contributed by atoms with Crippen molar-refractivity contribution in [2.75, 3.05) is 40.6 Å². The van der Waals surface area contributed by atoms with Crippen molar-refractivity contribution < 1.29 is 9.59 Å². The van der Waals surface area contributed by atoms with Crippen LogP contribution in [0.2, 0.25) is 0 Å². The van der Waals surface area contributed by atoms with Crippen molar-refractivity contribution in [3.05, 3.63) is 108 Å². The molecule has 3 aromatic carbocycles. The Kier molecular flexibility index (Phi) is 6.88. The summed E-state index contributed by atoms with van der Waals surface area (Å²) in [6.45, 7) is 4.30. The zero-order valence-electron chi connectivity index (χ0n) is 24.5. The molecule has 0 bridgehead atoms. The number of hydrogen-bond donors (Lipinski definition) is 3. The largest absolute Gasteiger partial charge is 0.397 e. The number of para-hydroxylation sites is 4. The van der Waals surface area contributed by atoms with Crippen LogP contribution in [0.5, 0.6) is 0 Å². The van der Waals surface area contributed by atoms with Crippen molar-refractivity contribution in [2.24, 2.45) is 0 Å². The van der Waals surface area contributed by atoms with Gasteiger partial charge in [0.05, 0.1) is 41.2 Å². The summed E-state index contributed by atoms with van der Waals surface area (Å²) in [6, 6.07) is 27.1. The number of nitrogen functional groups attached to an aromatic ring is 1. The van der Waals surface area contributed by atoms with E-state index >= 15 is 0 Å². The number of imidazole rings is 1. The number of hydrogen-bond acceptors (Lipinski definition) is 7. The standard InChI is InChI=1S/C34H34N8O2/c1-23-7-6-8-25(19-23)42-22-41(21-30-37-28-11-4-5-12-29(28)38-30)33(44)34(42)15-17-40(18-16-34)31-14-13-24(20-36-31)32(43)39-27-10-3-2-9-26(27)35/h2-14,19-20H,15-18,21-22,35H2,1H3,(H,37,38)(H,39,43). The van der Waals surface area contributed by atoms with E-state index in [1.54, 1.807) is 24.4 Å². The molecule has 5 aromatic rings. The lowest BCUT2D eigenvalue weighted by atomic mass is 9.85. The summed E-state index contributed by atoms with van der Waals surface area (Å²) >= 11 is 0. The first kappa shape index (κ1) is 27.5. The average Bonchev–Trinajstić information content (AvgIpc) is 3.57. The quantitative estimate of drug-likeness (QED) is 0.241. The molecule has 2 aromatic heterocycles. The van der Waals surface area contributed by atoms with Gasteiger partial charge in [0, 0.05) is 25.0 Å². The van der Waals surface area contributed by atoms with E-state index in [4.69, 9.17) is 10.7 Å². The smallest absolute Gasteiger partial charge is 0.257 e. The molecule has 2 saturated heterocycles. The van der Waals surface area contributed by atoms with E-state index in [9.17, 15) is 9.59 Å². The first-order valence-electron chi connectivity index (χ1n) is 14.8. The highest BCUT2D eigenvalue weighted by Crippen LogP contribution is 2.41. The van der Waals surface area contributed by atoms with Gasteiger partial charge in [0.15, 0.2) is 0 Å². The number of benzene rings is 3. The van der Waals surface area contributed by atoms with Crippen LogP contribution in [0, 0.1) is 6.92 Å². The number of rotatable bonds is 6. The monoisotopic (exact) mass is 586 g/mol. The first-order chi connectivity index (χ1) is 21.4. The van der Waals surface area contributed by atoms with E-state index in [0.29, 0.717) is 56.1 Å². The maximum Gasteiger partial charge on any atom is 0.257 e. The number of amides is 2. The van der Waals surface area contributed by atoms with Crippen LogP contribution in [0.3, 0.4) is 0 Å². The topological polar surface area (TPSA) is 123 Å². The molecule has 0 atom stereocenters. The maximum absolute atomic E-state index is 14.3. The van der Waals surface area contributed by atoms with Gasteiger partial charge < -0.3 is 30.7 Å². The molecule has 0 aliphatic carbocycles. The van der Waals surface area contributed by atoms with Gasteiger partial charge in [-0.25, -0.2) is 9.97 Å². The highest BCUT2D eigenvalue weighted by Gasteiger charge is 2.54. The number of H-pyrrole nitrogens is 1.